The fourth-order valence-corrected chi connectivity index (χ4v) is 4.06. The number of methoxy groups -OCH3 is 3. The molecule has 2 N–H and O–H groups in total. The molecule has 3 aromatic carbocycles. The van der Waals surface area contributed by atoms with Gasteiger partial charge in [0.1, 0.15) is 5.52 Å². The van der Waals surface area contributed by atoms with Crippen molar-refractivity contribution in [2.45, 2.75) is 0 Å². The first-order chi connectivity index (χ1) is 16.8. The Hall–Kier alpha value is -3.53. The number of rotatable bonds is 6. The van der Waals surface area contributed by atoms with E-state index in [1.807, 2.05) is 0 Å². The predicted molar refractivity (Wildman–Crippen MR) is 139 cm³/mol. The maximum absolute atomic E-state index is 12.7. The lowest BCUT2D eigenvalue weighted by Crippen LogP contribution is -2.34. The molecule has 0 aliphatic carbocycles. The van der Waals surface area contributed by atoms with Crippen molar-refractivity contribution in [3.63, 3.8) is 0 Å². The van der Waals surface area contributed by atoms with Crippen LogP contribution in [-0.2, 0) is 0 Å². The Bertz CT molecular complexity index is 1400. The van der Waals surface area contributed by atoms with Gasteiger partial charge in [0.25, 0.3) is 5.91 Å². The second-order valence-electron chi connectivity index (χ2n) is 7.15. The lowest BCUT2D eigenvalue weighted by molar-refractivity contribution is 0.0977. The smallest absolute Gasteiger partial charge is 0.257 e. The van der Waals surface area contributed by atoms with Crippen LogP contribution < -0.4 is 24.8 Å². The highest BCUT2D eigenvalue weighted by molar-refractivity contribution is 7.80. The second-order valence-corrected chi connectivity index (χ2v) is 8.41. The van der Waals surface area contributed by atoms with Crippen molar-refractivity contribution in [3.05, 3.63) is 64.1 Å². The van der Waals surface area contributed by atoms with Crippen LogP contribution in [0.5, 0.6) is 17.2 Å². The van der Waals surface area contributed by atoms with Gasteiger partial charge in [-0.05, 0) is 60.7 Å². The summed E-state index contributed by atoms with van der Waals surface area (Å²) in [5, 5.41) is 6.57. The molecule has 1 aromatic heterocycles. The SMILES string of the molecule is COc1cc(C(=O)NC(=S)Nc2ccc(-c3nc4cc(Cl)cc(Cl)c4o3)cc2)cc(OC)c1OC. The average Bonchev–Trinajstić information content (AvgIpc) is 3.27. The number of fused-ring (bicyclic) bond motifs is 1. The summed E-state index contributed by atoms with van der Waals surface area (Å²) in [6.45, 7) is 0. The Balaban J connectivity index is 1.45. The van der Waals surface area contributed by atoms with Gasteiger partial charge in [0, 0.05) is 21.8 Å². The van der Waals surface area contributed by atoms with Crippen LogP contribution in [0.1, 0.15) is 10.4 Å². The minimum atomic E-state index is -0.444. The first-order valence-electron chi connectivity index (χ1n) is 10.1. The number of carbonyl (C=O) groups excluding carboxylic acids is 1. The highest BCUT2D eigenvalue weighted by Gasteiger charge is 2.18. The van der Waals surface area contributed by atoms with E-state index >= 15 is 0 Å². The molecule has 0 radical (unpaired) electrons. The van der Waals surface area contributed by atoms with Crippen LogP contribution in [0.25, 0.3) is 22.6 Å². The highest BCUT2D eigenvalue weighted by atomic mass is 35.5. The average molecular weight is 532 g/mol. The molecule has 0 aliphatic heterocycles. The van der Waals surface area contributed by atoms with E-state index in [0.29, 0.717) is 50.0 Å². The van der Waals surface area contributed by atoms with Crippen LogP contribution in [0.2, 0.25) is 10.0 Å². The first kappa shape index (κ1) is 24.6. The number of carbonyl (C=O) groups is 1. The standard InChI is InChI=1S/C24H19Cl2N3O5S/c1-31-18-8-13(9-19(32-2)21(18)33-3)22(30)29-24(35)27-15-6-4-12(5-7-15)23-28-17-11-14(25)10-16(26)20(17)34-23/h4-11H,1-3H3,(H2,27,29,30,35). The molecule has 35 heavy (non-hydrogen) atoms. The summed E-state index contributed by atoms with van der Waals surface area (Å²) < 4.78 is 21.6. The summed E-state index contributed by atoms with van der Waals surface area (Å²) in [4.78, 5) is 17.2. The van der Waals surface area contributed by atoms with Gasteiger partial charge in [-0.25, -0.2) is 4.98 Å². The molecule has 0 unspecified atom stereocenters. The number of thiocarbonyl (C=S) groups is 1. The number of aromatic nitrogens is 1. The molecule has 0 aliphatic rings. The van der Waals surface area contributed by atoms with Crippen LogP contribution in [0.15, 0.2) is 52.9 Å². The monoisotopic (exact) mass is 531 g/mol. The van der Waals surface area contributed by atoms with Gasteiger partial charge >= 0.3 is 0 Å². The summed E-state index contributed by atoms with van der Waals surface area (Å²) in [6, 6.07) is 13.5. The zero-order chi connectivity index (χ0) is 25.1. The van der Waals surface area contributed by atoms with E-state index in [-0.39, 0.29) is 10.7 Å². The van der Waals surface area contributed by atoms with E-state index in [0.717, 1.165) is 5.56 Å². The quantitative estimate of drug-likeness (QED) is 0.294. The zero-order valence-corrected chi connectivity index (χ0v) is 21.1. The molecular formula is C24H19Cl2N3O5S. The summed E-state index contributed by atoms with van der Waals surface area (Å²) in [5.41, 5.74) is 2.69. The number of hydrogen-bond donors (Lipinski definition) is 2. The van der Waals surface area contributed by atoms with Gasteiger partial charge in [-0.2, -0.15) is 0 Å². The molecule has 1 amide bonds. The van der Waals surface area contributed by atoms with Crippen molar-refractivity contribution in [2.75, 3.05) is 26.6 Å². The predicted octanol–water partition coefficient (Wildman–Crippen LogP) is 5.95. The number of nitrogens with zero attached hydrogens (tertiary/aromatic N) is 1. The van der Waals surface area contributed by atoms with Gasteiger partial charge in [-0.15, -0.1) is 0 Å². The number of hydrogen-bond acceptors (Lipinski definition) is 7. The number of benzene rings is 3. The summed E-state index contributed by atoms with van der Waals surface area (Å²) in [5.74, 6) is 1.05. The highest BCUT2D eigenvalue weighted by Crippen LogP contribution is 2.38. The van der Waals surface area contributed by atoms with E-state index < -0.39 is 5.91 Å². The Kier molecular flexibility index (Phi) is 7.30. The molecule has 0 spiro atoms. The van der Waals surface area contributed by atoms with Gasteiger partial charge < -0.3 is 23.9 Å². The minimum Gasteiger partial charge on any atom is -0.493 e. The molecule has 4 aromatic rings. The summed E-state index contributed by atoms with van der Waals surface area (Å²) in [7, 11) is 4.43. The molecule has 4 rings (SSSR count). The fraction of sp³-hybridized carbons (Fsp3) is 0.125. The minimum absolute atomic E-state index is 0.111. The van der Waals surface area contributed by atoms with Crippen LogP contribution in [0.4, 0.5) is 5.69 Å². The van der Waals surface area contributed by atoms with E-state index in [1.165, 1.54) is 33.5 Å². The molecule has 8 nitrogen and oxygen atoms in total. The summed E-state index contributed by atoms with van der Waals surface area (Å²) >= 11 is 17.5. The largest absolute Gasteiger partial charge is 0.493 e. The topological polar surface area (TPSA) is 94.9 Å². The number of ether oxygens (including phenoxy) is 3. The van der Waals surface area contributed by atoms with Crippen molar-refractivity contribution < 1.29 is 23.4 Å². The van der Waals surface area contributed by atoms with Gasteiger partial charge in [0.05, 0.1) is 26.4 Å². The van der Waals surface area contributed by atoms with Crippen molar-refractivity contribution in [2.24, 2.45) is 0 Å². The number of nitrogens with one attached hydrogen (secondary N) is 2. The normalized spacial score (nSPS) is 10.7. The van der Waals surface area contributed by atoms with Crippen LogP contribution >= 0.6 is 35.4 Å². The number of halogens is 2. The molecule has 180 valence electrons. The van der Waals surface area contributed by atoms with E-state index in [9.17, 15) is 4.79 Å². The number of amides is 1. The maximum Gasteiger partial charge on any atom is 0.257 e. The van der Waals surface area contributed by atoms with Crippen molar-refractivity contribution >= 4 is 63.2 Å². The van der Waals surface area contributed by atoms with Crippen molar-refractivity contribution in [1.82, 2.24) is 10.3 Å². The molecule has 1 heterocycles. The zero-order valence-electron chi connectivity index (χ0n) is 18.8. The van der Waals surface area contributed by atoms with Crippen molar-refractivity contribution in [1.29, 1.82) is 0 Å². The Morgan fingerprint density at radius 1 is 0.971 bits per heavy atom. The molecule has 0 saturated heterocycles. The van der Waals surface area contributed by atoms with Crippen LogP contribution in [-0.4, -0.2) is 37.3 Å². The number of anilines is 1. The third kappa shape index (κ3) is 5.27. The van der Waals surface area contributed by atoms with E-state index in [1.54, 1.807) is 36.4 Å². The van der Waals surface area contributed by atoms with Gasteiger partial charge in [0.15, 0.2) is 22.2 Å². The molecule has 0 saturated carbocycles. The summed E-state index contributed by atoms with van der Waals surface area (Å²) in [6.07, 6.45) is 0. The third-order valence-electron chi connectivity index (χ3n) is 4.95. The van der Waals surface area contributed by atoms with Gasteiger partial charge in [-0.3, -0.25) is 10.1 Å². The van der Waals surface area contributed by atoms with Crippen LogP contribution in [0.3, 0.4) is 0 Å². The lowest BCUT2D eigenvalue weighted by atomic mass is 10.1. The van der Waals surface area contributed by atoms with E-state index in [2.05, 4.69) is 15.6 Å². The maximum atomic E-state index is 12.7. The number of oxazole rings is 1. The third-order valence-corrected chi connectivity index (χ3v) is 5.66. The van der Waals surface area contributed by atoms with Crippen LogP contribution in [0, 0.1) is 0 Å². The Labute approximate surface area is 216 Å². The van der Waals surface area contributed by atoms with Gasteiger partial charge in [-0.1, -0.05) is 23.2 Å². The van der Waals surface area contributed by atoms with Crippen molar-refractivity contribution in [3.8, 4) is 28.7 Å². The fourth-order valence-electron chi connectivity index (χ4n) is 3.33. The molecule has 0 fully saturated rings. The Morgan fingerprint density at radius 3 is 2.23 bits per heavy atom. The lowest BCUT2D eigenvalue weighted by Gasteiger charge is -2.14. The molecule has 11 heteroatoms. The van der Waals surface area contributed by atoms with E-state index in [4.69, 9.17) is 54.0 Å². The molecule has 0 bridgehead atoms. The van der Waals surface area contributed by atoms with Gasteiger partial charge in [0.2, 0.25) is 11.6 Å². The Morgan fingerprint density at radius 2 is 1.63 bits per heavy atom. The second kappa shape index (κ2) is 10.4. The molecule has 0 atom stereocenters. The molecular weight excluding hydrogens is 513 g/mol. The first-order valence-corrected chi connectivity index (χ1v) is 11.3.